The minimum atomic E-state index is -4.69. The van der Waals surface area contributed by atoms with E-state index in [1.54, 1.807) is 6.07 Å². The number of nitrogens with one attached hydrogen (secondary N) is 1. The number of aromatic nitrogens is 1. The largest absolute Gasteiger partial charge is 0.417 e. The Bertz CT molecular complexity index is 1480. The van der Waals surface area contributed by atoms with Gasteiger partial charge < -0.3 is 15.1 Å². The highest BCUT2D eigenvalue weighted by Gasteiger charge is 2.39. The Kier molecular flexibility index (Phi) is 7.64. The number of anilines is 1. The van der Waals surface area contributed by atoms with E-state index in [2.05, 4.69) is 15.2 Å². The van der Waals surface area contributed by atoms with Gasteiger partial charge in [0.1, 0.15) is 0 Å². The molecule has 220 valence electrons. The number of benzene rings is 2. The highest BCUT2D eigenvalue weighted by atomic mass is 35.5. The van der Waals surface area contributed by atoms with E-state index in [9.17, 15) is 22.8 Å². The Labute approximate surface area is 247 Å². The first-order valence-electron chi connectivity index (χ1n) is 14.4. The molecule has 6 rings (SSSR count). The molecule has 42 heavy (non-hydrogen) atoms. The van der Waals surface area contributed by atoms with E-state index in [1.165, 1.54) is 5.69 Å². The lowest BCUT2D eigenvalue weighted by atomic mass is 9.71. The van der Waals surface area contributed by atoms with Gasteiger partial charge in [0.05, 0.1) is 17.2 Å². The lowest BCUT2D eigenvalue weighted by Crippen LogP contribution is -2.48. The molecule has 1 aliphatic carbocycles. The molecule has 2 aliphatic heterocycles. The molecule has 1 unspecified atom stereocenters. The number of pyridine rings is 1. The van der Waals surface area contributed by atoms with Crippen molar-refractivity contribution in [1.82, 2.24) is 15.2 Å². The molecule has 0 bridgehead atoms. The number of halogens is 4. The SMILES string of the molecule is O=C(NC1CCc2ccc(C(=O)N3CCC4(CC3)CCN(c3ccncc3)CC4)cc21)c1cc(Cl)ccc1C(F)(F)F. The average Bonchev–Trinajstić information content (AvgIpc) is 3.39. The number of carbonyl (C=O) groups excluding carboxylic acids is 2. The summed E-state index contributed by atoms with van der Waals surface area (Å²) in [4.78, 5) is 35.0. The fraction of sp³-hybridized carbons (Fsp3) is 0.406. The molecule has 2 saturated heterocycles. The van der Waals surface area contributed by atoms with Crippen LogP contribution in [0.1, 0.15) is 75.6 Å². The first-order valence-corrected chi connectivity index (χ1v) is 14.7. The van der Waals surface area contributed by atoms with Crippen molar-refractivity contribution in [2.24, 2.45) is 5.41 Å². The highest BCUT2D eigenvalue weighted by molar-refractivity contribution is 6.31. The number of aryl methyl sites for hydroxylation is 1. The summed E-state index contributed by atoms with van der Waals surface area (Å²) in [6, 6.07) is 12.1. The van der Waals surface area contributed by atoms with Crippen LogP contribution in [0.5, 0.6) is 0 Å². The van der Waals surface area contributed by atoms with Crippen LogP contribution < -0.4 is 10.2 Å². The summed E-state index contributed by atoms with van der Waals surface area (Å²) in [6.07, 6.45) is 4.29. The fourth-order valence-electron chi connectivity index (χ4n) is 6.73. The van der Waals surface area contributed by atoms with Crippen molar-refractivity contribution in [3.8, 4) is 0 Å². The molecular weight excluding hydrogens is 565 g/mol. The van der Waals surface area contributed by atoms with Crippen molar-refractivity contribution in [3.63, 3.8) is 0 Å². The Balaban J connectivity index is 1.10. The molecule has 6 nitrogen and oxygen atoms in total. The van der Waals surface area contributed by atoms with Crippen molar-refractivity contribution >= 4 is 29.1 Å². The number of carbonyl (C=O) groups is 2. The highest BCUT2D eigenvalue weighted by Crippen LogP contribution is 2.42. The number of likely N-dealkylation sites (tertiary alicyclic amines) is 1. The van der Waals surface area contributed by atoms with E-state index in [1.807, 2.05) is 41.6 Å². The normalized spacial score (nSPS) is 20.0. The summed E-state index contributed by atoms with van der Waals surface area (Å²) in [5.74, 6) is -0.885. The molecule has 3 aliphatic rings. The standard InChI is InChI=1S/C32H32ClF3N4O2/c33-23-4-5-27(32(34,35)36)26(20-23)29(41)38-28-6-3-21-1-2-22(19-25(21)28)30(42)40-17-11-31(12-18-40)9-15-39(16-10-31)24-7-13-37-14-8-24/h1-2,4-5,7-8,13-14,19-20,28H,3,6,9-12,15-18H2,(H,38,41). The zero-order chi connectivity index (χ0) is 29.5. The average molecular weight is 597 g/mol. The van der Waals surface area contributed by atoms with Crippen LogP contribution in [0.3, 0.4) is 0 Å². The number of alkyl halides is 3. The fourth-order valence-corrected chi connectivity index (χ4v) is 6.91. The van der Waals surface area contributed by atoms with Gasteiger partial charge in [-0.3, -0.25) is 14.6 Å². The zero-order valence-electron chi connectivity index (χ0n) is 23.1. The Morgan fingerprint density at radius 3 is 2.31 bits per heavy atom. The number of fused-ring (bicyclic) bond motifs is 1. The van der Waals surface area contributed by atoms with Crippen LogP contribution in [0, 0.1) is 5.41 Å². The number of hydrogen-bond donors (Lipinski definition) is 1. The van der Waals surface area contributed by atoms with Crippen LogP contribution in [-0.4, -0.2) is 47.9 Å². The van der Waals surface area contributed by atoms with E-state index >= 15 is 0 Å². The summed E-state index contributed by atoms with van der Waals surface area (Å²) < 4.78 is 40.6. The third kappa shape index (κ3) is 5.71. The molecule has 1 N–H and O–H groups in total. The van der Waals surface area contributed by atoms with E-state index in [0.717, 1.165) is 68.1 Å². The quantitative estimate of drug-likeness (QED) is 0.364. The first-order chi connectivity index (χ1) is 20.1. The summed E-state index contributed by atoms with van der Waals surface area (Å²) in [5, 5.41) is 2.81. The maximum absolute atomic E-state index is 13.5. The summed E-state index contributed by atoms with van der Waals surface area (Å²) in [6.45, 7) is 3.38. The van der Waals surface area contributed by atoms with Crippen LogP contribution in [0.15, 0.2) is 60.9 Å². The van der Waals surface area contributed by atoms with Gasteiger partial charge in [-0.1, -0.05) is 17.7 Å². The molecule has 2 aromatic carbocycles. The summed E-state index contributed by atoms with van der Waals surface area (Å²) in [7, 11) is 0. The van der Waals surface area contributed by atoms with Crippen LogP contribution in [-0.2, 0) is 12.6 Å². The maximum atomic E-state index is 13.5. The van der Waals surface area contributed by atoms with Gasteiger partial charge in [-0.25, -0.2) is 0 Å². The molecule has 3 aromatic rings. The number of nitrogens with zero attached hydrogens (tertiary/aromatic N) is 3. The smallest absolute Gasteiger partial charge is 0.371 e. The predicted octanol–water partition coefficient (Wildman–Crippen LogP) is 6.69. The Morgan fingerprint density at radius 1 is 0.929 bits per heavy atom. The van der Waals surface area contributed by atoms with Gasteiger partial charge in [-0.2, -0.15) is 13.2 Å². The third-order valence-corrected chi connectivity index (χ3v) is 9.51. The van der Waals surface area contributed by atoms with Crippen molar-refractivity contribution in [1.29, 1.82) is 0 Å². The Hall–Kier alpha value is -3.59. The van der Waals surface area contributed by atoms with Gasteiger partial charge in [-0.15, -0.1) is 0 Å². The van der Waals surface area contributed by atoms with Gasteiger partial charge in [-0.05, 0) is 97.5 Å². The topological polar surface area (TPSA) is 65.5 Å². The second-order valence-electron chi connectivity index (χ2n) is 11.7. The van der Waals surface area contributed by atoms with Gasteiger partial charge in [0, 0.05) is 54.8 Å². The number of amides is 2. The van der Waals surface area contributed by atoms with Crippen molar-refractivity contribution in [2.75, 3.05) is 31.1 Å². The molecule has 0 saturated carbocycles. The third-order valence-electron chi connectivity index (χ3n) is 9.27. The van der Waals surface area contributed by atoms with Gasteiger partial charge in [0.25, 0.3) is 11.8 Å². The molecule has 2 amide bonds. The summed E-state index contributed by atoms with van der Waals surface area (Å²) in [5.41, 5.74) is 2.22. The van der Waals surface area contributed by atoms with Crippen molar-refractivity contribution in [3.05, 3.63) is 93.8 Å². The van der Waals surface area contributed by atoms with Crippen LogP contribution in [0.25, 0.3) is 0 Å². The minimum Gasteiger partial charge on any atom is -0.371 e. The van der Waals surface area contributed by atoms with Gasteiger partial charge in [0.2, 0.25) is 0 Å². The van der Waals surface area contributed by atoms with Crippen LogP contribution in [0.4, 0.5) is 18.9 Å². The lowest BCUT2D eigenvalue weighted by Gasteiger charge is -2.47. The minimum absolute atomic E-state index is 0.0481. The van der Waals surface area contributed by atoms with E-state index in [4.69, 9.17) is 11.6 Å². The summed E-state index contributed by atoms with van der Waals surface area (Å²) >= 11 is 5.92. The molecule has 1 aromatic heterocycles. The van der Waals surface area contributed by atoms with E-state index in [0.29, 0.717) is 31.5 Å². The maximum Gasteiger partial charge on any atom is 0.417 e. The van der Waals surface area contributed by atoms with Gasteiger partial charge in [0.15, 0.2) is 0 Å². The molecular formula is C32H32ClF3N4O2. The second kappa shape index (κ2) is 11.2. The molecule has 0 radical (unpaired) electrons. The monoisotopic (exact) mass is 596 g/mol. The van der Waals surface area contributed by atoms with E-state index < -0.39 is 29.3 Å². The molecule has 2 fully saturated rings. The van der Waals surface area contributed by atoms with Crippen LogP contribution in [0.2, 0.25) is 5.02 Å². The molecule has 10 heteroatoms. The van der Waals surface area contributed by atoms with Crippen LogP contribution >= 0.6 is 11.6 Å². The molecule has 3 heterocycles. The predicted molar refractivity (Wildman–Crippen MR) is 155 cm³/mol. The Morgan fingerprint density at radius 2 is 1.62 bits per heavy atom. The first kappa shape index (κ1) is 28.5. The van der Waals surface area contributed by atoms with Crippen molar-refractivity contribution < 1.29 is 22.8 Å². The number of piperidine rings is 2. The van der Waals surface area contributed by atoms with E-state index in [-0.39, 0.29) is 16.3 Å². The number of hydrogen-bond acceptors (Lipinski definition) is 4. The zero-order valence-corrected chi connectivity index (χ0v) is 23.8. The lowest BCUT2D eigenvalue weighted by molar-refractivity contribution is -0.137. The van der Waals surface area contributed by atoms with Crippen molar-refractivity contribution in [2.45, 2.75) is 50.7 Å². The van der Waals surface area contributed by atoms with Gasteiger partial charge >= 0.3 is 6.18 Å². The molecule has 1 atom stereocenters. The number of rotatable bonds is 4. The molecule has 1 spiro atoms. The second-order valence-corrected chi connectivity index (χ2v) is 12.1.